The maximum Gasteiger partial charge on any atom is 0.167 e. The maximum atomic E-state index is 13.2. The lowest BCUT2D eigenvalue weighted by atomic mass is 10.2. The summed E-state index contributed by atoms with van der Waals surface area (Å²) in [4.78, 5) is 1.98. The maximum absolute atomic E-state index is 13.2. The summed E-state index contributed by atoms with van der Waals surface area (Å²) in [6.07, 6.45) is 0. The monoisotopic (exact) mass is 228 g/mol. The van der Waals surface area contributed by atoms with E-state index >= 15 is 0 Å². The summed E-state index contributed by atoms with van der Waals surface area (Å²) in [7, 11) is 5.29. The summed E-state index contributed by atoms with van der Waals surface area (Å²) in [5, 5.41) is 0. The number of hydrogen-bond donors (Lipinski definition) is 1. The summed E-state index contributed by atoms with van der Waals surface area (Å²) in [6.45, 7) is 1.26. The second-order valence-electron chi connectivity index (χ2n) is 3.68. The summed E-state index contributed by atoms with van der Waals surface area (Å²) >= 11 is 0. The SMILES string of the molecule is COc1cc(OCCN(C)C)c(N)cc1F. The Morgan fingerprint density at radius 2 is 2.00 bits per heavy atom. The largest absolute Gasteiger partial charge is 0.494 e. The number of likely N-dealkylation sites (N-methyl/N-ethyl adjacent to an activating group) is 1. The number of ether oxygens (including phenoxy) is 2. The lowest BCUT2D eigenvalue weighted by Gasteiger charge is -2.13. The molecule has 1 aromatic carbocycles. The van der Waals surface area contributed by atoms with Crippen LogP contribution < -0.4 is 15.2 Å². The predicted molar refractivity (Wildman–Crippen MR) is 61.4 cm³/mol. The van der Waals surface area contributed by atoms with Gasteiger partial charge in [0.25, 0.3) is 0 Å². The van der Waals surface area contributed by atoms with Crippen molar-refractivity contribution < 1.29 is 13.9 Å². The highest BCUT2D eigenvalue weighted by Gasteiger charge is 2.09. The van der Waals surface area contributed by atoms with E-state index in [4.69, 9.17) is 15.2 Å². The van der Waals surface area contributed by atoms with Crippen LogP contribution >= 0.6 is 0 Å². The molecule has 2 N–H and O–H groups in total. The van der Waals surface area contributed by atoms with Crippen LogP contribution in [0.3, 0.4) is 0 Å². The van der Waals surface area contributed by atoms with E-state index in [-0.39, 0.29) is 11.4 Å². The van der Waals surface area contributed by atoms with Crippen molar-refractivity contribution in [3.63, 3.8) is 0 Å². The predicted octanol–water partition coefficient (Wildman–Crippen LogP) is 1.36. The van der Waals surface area contributed by atoms with Crippen molar-refractivity contribution in [3.05, 3.63) is 17.9 Å². The summed E-state index contributed by atoms with van der Waals surface area (Å²) < 4.78 is 23.5. The number of halogens is 1. The number of methoxy groups -OCH3 is 1. The molecular weight excluding hydrogens is 211 g/mol. The standard InChI is InChI=1S/C11H17FN2O2/c1-14(2)4-5-16-11-7-10(15-3)8(12)6-9(11)13/h6-7H,4-5,13H2,1-3H3. The Bertz CT molecular complexity index is 356. The quantitative estimate of drug-likeness (QED) is 0.773. The topological polar surface area (TPSA) is 47.7 Å². The van der Waals surface area contributed by atoms with Crippen LogP contribution in [0.1, 0.15) is 0 Å². The van der Waals surface area contributed by atoms with Gasteiger partial charge in [0.1, 0.15) is 12.4 Å². The first-order chi connectivity index (χ1) is 7.54. The van der Waals surface area contributed by atoms with Gasteiger partial charge in [0.05, 0.1) is 12.8 Å². The van der Waals surface area contributed by atoms with Crippen LogP contribution in [-0.4, -0.2) is 39.3 Å². The van der Waals surface area contributed by atoms with E-state index in [1.54, 1.807) is 0 Å². The van der Waals surface area contributed by atoms with Gasteiger partial charge < -0.3 is 20.1 Å². The lowest BCUT2D eigenvalue weighted by molar-refractivity contribution is 0.261. The van der Waals surface area contributed by atoms with E-state index in [0.717, 1.165) is 6.54 Å². The minimum atomic E-state index is -0.486. The third kappa shape index (κ3) is 3.27. The molecule has 0 aliphatic rings. The molecule has 5 heteroatoms. The second-order valence-corrected chi connectivity index (χ2v) is 3.68. The highest BCUT2D eigenvalue weighted by atomic mass is 19.1. The van der Waals surface area contributed by atoms with E-state index in [2.05, 4.69) is 0 Å². The van der Waals surface area contributed by atoms with E-state index in [1.165, 1.54) is 19.2 Å². The zero-order valence-corrected chi connectivity index (χ0v) is 9.79. The zero-order valence-electron chi connectivity index (χ0n) is 9.79. The van der Waals surface area contributed by atoms with Crippen LogP contribution in [0.25, 0.3) is 0 Å². The number of nitrogen functional groups attached to an aromatic ring is 1. The number of benzene rings is 1. The van der Waals surface area contributed by atoms with Gasteiger partial charge in [-0.3, -0.25) is 0 Å². The van der Waals surface area contributed by atoms with Crippen molar-refractivity contribution >= 4 is 5.69 Å². The van der Waals surface area contributed by atoms with Gasteiger partial charge in [-0.25, -0.2) is 4.39 Å². The molecule has 0 saturated heterocycles. The van der Waals surface area contributed by atoms with E-state index < -0.39 is 5.82 Å². The number of nitrogens with zero attached hydrogens (tertiary/aromatic N) is 1. The molecule has 0 radical (unpaired) electrons. The molecule has 1 aromatic rings. The highest BCUT2D eigenvalue weighted by Crippen LogP contribution is 2.29. The Morgan fingerprint density at radius 1 is 1.31 bits per heavy atom. The van der Waals surface area contributed by atoms with Gasteiger partial charge >= 0.3 is 0 Å². The second kappa shape index (κ2) is 5.55. The van der Waals surface area contributed by atoms with Crippen LogP contribution in [0.4, 0.5) is 10.1 Å². The first-order valence-electron chi connectivity index (χ1n) is 4.95. The van der Waals surface area contributed by atoms with Gasteiger partial charge in [0.15, 0.2) is 11.6 Å². The van der Waals surface area contributed by atoms with Crippen molar-refractivity contribution in [2.75, 3.05) is 40.1 Å². The van der Waals surface area contributed by atoms with Crippen molar-refractivity contribution in [1.29, 1.82) is 0 Å². The smallest absolute Gasteiger partial charge is 0.167 e. The fraction of sp³-hybridized carbons (Fsp3) is 0.455. The van der Waals surface area contributed by atoms with Crippen LogP contribution in [0.2, 0.25) is 0 Å². The van der Waals surface area contributed by atoms with Gasteiger partial charge in [0.2, 0.25) is 0 Å². The first kappa shape index (κ1) is 12.6. The Balaban J connectivity index is 2.72. The molecule has 0 aromatic heterocycles. The molecule has 4 nitrogen and oxygen atoms in total. The molecule has 0 aliphatic carbocycles. The van der Waals surface area contributed by atoms with Crippen molar-refractivity contribution in [2.45, 2.75) is 0 Å². The number of anilines is 1. The van der Waals surface area contributed by atoms with Crippen molar-refractivity contribution in [3.8, 4) is 11.5 Å². The molecule has 0 bridgehead atoms. The minimum Gasteiger partial charge on any atom is -0.494 e. The summed E-state index contributed by atoms with van der Waals surface area (Å²) in [6, 6.07) is 2.66. The molecule has 0 amide bonds. The Morgan fingerprint density at radius 3 is 2.56 bits per heavy atom. The van der Waals surface area contributed by atoms with E-state index in [9.17, 15) is 4.39 Å². The molecule has 0 unspecified atom stereocenters. The summed E-state index contributed by atoms with van der Waals surface area (Å²) in [5.41, 5.74) is 5.90. The van der Waals surface area contributed by atoms with E-state index in [1.807, 2.05) is 19.0 Å². The molecular formula is C11H17FN2O2. The van der Waals surface area contributed by atoms with Gasteiger partial charge in [-0.2, -0.15) is 0 Å². The number of rotatable bonds is 5. The van der Waals surface area contributed by atoms with Gasteiger partial charge in [-0.15, -0.1) is 0 Å². The molecule has 90 valence electrons. The van der Waals surface area contributed by atoms with E-state index in [0.29, 0.717) is 12.4 Å². The minimum absolute atomic E-state index is 0.133. The fourth-order valence-electron chi connectivity index (χ4n) is 1.17. The highest BCUT2D eigenvalue weighted by molar-refractivity contribution is 5.56. The van der Waals surface area contributed by atoms with Crippen LogP contribution in [-0.2, 0) is 0 Å². The van der Waals surface area contributed by atoms with Gasteiger partial charge in [0, 0.05) is 18.7 Å². The number of hydrogen-bond acceptors (Lipinski definition) is 4. The zero-order chi connectivity index (χ0) is 12.1. The Kier molecular flexibility index (Phi) is 4.37. The molecule has 1 rings (SSSR count). The van der Waals surface area contributed by atoms with Crippen LogP contribution in [0, 0.1) is 5.82 Å². The lowest BCUT2D eigenvalue weighted by Crippen LogP contribution is -2.19. The van der Waals surface area contributed by atoms with Crippen LogP contribution in [0.5, 0.6) is 11.5 Å². The average Bonchev–Trinajstić information content (AvgIpc) is 2.20. The van der Waals surface area contributed by atoms with Crippen molar-refractivity contribution in [2.24, 2.45) is 0 Å². The Labute approximate surface area is 94.7 Å². The van der Waals surface area contributed by atoms with Gasteiger partial charge in [-0.05, 0) is 14.1 Å². The molecule has 0 saturated carbocycles. The fourth-order valence-corrected chi connectivity index (χ4v) is 1.17. The van der Waals surface area contributed by atoms with Crippen molar-refractivity contribution in [1.82, 2.24) is 4.90 Å². The Hall–Kier alpha value is -1.49. The first-order valence-corrected chi connectivity index (χ1v) is 4.95. The average molecular weight is 228 g/mol. The summed E-state index contributed by atoms with van der Waals surface area (Å²) in [5.74, 6) is 0.0918. The number of nitrogens with two attached hydrogens (primary N) is 1. The third-order valence-electron chi connectivity index (χ3n) is 2.08. The molecule has 0 atom stereocenters. The normalized spacial score (nSPS) is 10.6. The molecule has 0 fully saturated rings. The molecule has 16 heavy (non-hydrogen) atoms. The van der Waals surface area contributed by atoms with Gasteiger partial charge in [-0.1, -0.05) is 0 Å². The third-order valence-corrected chi connectivity index (χ3v) is 2.08. The molecule has 0 heterocycles. The molecule has 0 aliphatic heterocycles. The molecule has 0 spiro atoms. The van der Waals surface area contributed by atoms with Crippen LogP contribution in [0.15, 0.2) is 12.1 Å².